The number of hydrogen-bond acceptors (Lipinski definition) is 1. The third kappa shape index (κ3) is 3.42. The van der Waals surface area contributed by atoms with Crippen molar-refractivity contribution >= 4 is 10.9 Å². The summed E-state index contributed by atoms with van der Waals surface area (Å²) in [5.74, 6) is 0.396. The van der Waals surface area contributed by atoms with Crippen molar-refractivity contribution in [1.29, 1.82) is 0 Å². The summed E-state index contributed by atoms with van der Waals surface area (Å²) < 4.78 is 2.38. The standard InChI is InChI=1S/C19H25N2.HI.Pd.H2/c1-14-12-21(15-8-4-3-5-9-15)13-17-16-10-6-7-11-18(16)20(2)19(14)17;;;/h6-7,10-11,14-15H,1,3-5,8-9,12-13H2,2H3;1H;;1H/q;;+2;/p-1/t14-;;;/m0.../s1. The molecule has 0 N–H and O–H groups in total. The van der Waals surface area contributed by atoms with Gasteiger partial charge in [0.1, 0.15) is 0 Å². The Kier molecular flexibility index (Phi) is 6.76. The van der Waals surface area contributed by atoms with Crippen molar-refractivity contribution in [3.63, 3.8) is 0 Å². The molecule has 1 aromatic heterocycles. The van der Waals surface area contributed by atoms with Crippen molar-refractivity contribution in [2.75, 3.05) is 6.54 Å². The predicted molar refractivity (Wildman–Crippen MR) is 90.4 cm³/mol. The number of benzene rings is 1. The first kappa shape index (κ1) is 19.4. The molecule has 0 spiro atoms. The quantitative estimate of drug-likeness (QED) is 0.412. The molecular formula is C19H27IN2Pd+. The van der Waals surface area contributed by atoms with E-state index >= 15 is 0 Å². The minimum atomic E-state index is 0. The van der Waals surface area contributed by atoms with E-state index in [4.69, 9.17) is 0 Å². The van der Waals surface area contributed by atoms with Crippen LogP contribution in [-0.2, 0) is 34.0 Å². The molecule has 129 valence electrons. The molecular weight excluding hydrogens is 490 g/mol. The topological polar surface area (TPSA) is 8.17 Å². The number of fused-ring (bicyclic) bond motifs is 3. The smallest absolute Gasteiger partial charge is 1.00 e. The molecule has 2 aromatic rings. The van der Waals surface area contributed by atoms with Crippen LogP contribution < -0.4 is 24.0 Å². The van der Waals surface area contributed by atoms with E-state index in [2.05, 4.69) is 47.7 Å². The van der Waals surface area contributed by atoms with Crippen LogP contribution in [0.2, 0.25) is 0 Å². The van der Waals surface area contributed by atoms with Gasteiger partial charge in [-0.3, -0.25) is 4.90 Å². The molecule has 23 heavy (non-hydrogen) atoms. The predicted octanol–water partition coefficient (Wildman–Crippen LogP) is 1.49. The summed E-state index contributed by atoms with van der Waals surface area (Å²) in [5, 5.41) is 1.43. The fourth-order valence-corrected chi connectivity index (χ4v) is 4.54. The summed E-state index contributed by atoms with van der Waals surface area (Å²) >= 11 is 0. The van der Waals surface area contributed by atoms with E-state index in [9.17, 15) is 0 Å². The molecule has 0 unspecified atom stereocenters. The van der Waals surface area contributed by atoms with Crippen molar-refractivity contribution in [2.24, 2.45) is 7.05 Å². The van der Waals surface area contributed by atoms with Crippen LogP contribution in [0.15, 0.2) is 24.3 Å². The molecule has 4 heteroatoms. The van der Waals surface area contributed by atoms with Crippen molar-refractivity contribution in [1.82, 2.24) is 9.47 Å². The van der Waals surface area contributed by atoms with Gasteiger partial charge in [-0.2, -0.15) is 0 Å². The van der Waals surface area contributed by atoms with Gasteiger partial charge in [-0.25, -0.2) is 0 Å². The minimum absolute atomic E-state index is 0. The van der Waals surface area contributed by atoms with Gasteiger partial charge in [0.15, 0.2) is 0 Å². The molecule has 1 saturated carbocycles. The molecule has 2 nitrogen and oxygen atoms in total. The monoisotopic (exact) mass is 516 g/mol. The zero-order valence-corrected chi connectivity index (χ0v) is 17.4. The number of hydrogen-bond donors (Lipinski definition) is 0. The van der Waals surface area contributed by atoms with Crippen molar-refractivity contribution in [3.05, 3.63) is 42.4 Å². The molecule has 1 fully saturated rings. The van der Waals surface area contributed by atoms with Crippen LogP contribution in [0.4, 0.5) is 0 Å². The fourth-order valence-electron chi connectivity index (χ4n) is 4.54. The summed E-state index contributed by atoms with van der Waals surface area (Å²) in [5.41, 5.74) is 4.36. The zero-order chi connectivity index (χ0) is 14.4. The molecule has 2 aliphatic rings. The van der Waals surface area contributed by atoms with Gasteiger partial charge >= 0.3 is 20.4 Å². The van der Waals surface area contributed by atoms with Gasteiger partial charge < -0.3 is 28.5 Å². The average molecular weight is 517 g/mol. The molecule has 1 atom stereocenters. The molecule has 1 radical (unpaired) electrons. The number of aromatic nitrogens is 1. The maximum absolute atomic E-state index is 4.48. The summed E-state index contributed by atoms with van der Waals surface area (Å²) in [7, 11) is 2.20. The largest absolute Gasteiger partial charge is 2.00 e. The normalized spacial score (nSPS) is 22.3. The van der Waals surface area contributed by atoms with Gasteiger partial charge in [0.2, 0.25) is 0 Å². The van der Waals surface area contributed by atoms with Crippen LogP contribution in [0.1, 0.15) is 50.7 Å². The zero-order valence-electron chi connectivity index (χ0n) is 13.7. The maximum atomic E-state index is 4.48. The molecule has 0 bridgehead atoms. The Balaban J connectivity index is 0.000000960. The van der Waals surface area contributed by atoms with Gasteiger partial charge in [0, 0.05) is 50.1 Å². The first-order valence-corrected chi connectivity index (χ1v) is 8.39. The number of halogens is 1. The molecule has 1 aromatic carbocycles. The van der Waals surface area contributed by atoms with Gasteiger partial charge in [-0.05, 0) is 31.4 Å². The van der Waals surface area contributed by atoms with E-state index in [-0.39, 0.29) is 45.8 Å². The Morgan fingerprint density at radius 1 is 1.13 bits per heavy atom. The van der Waals surface area contributed by atoms with Crippen LogP contribution in [0.3, 0.4) is 0 Å². The summed E-state index contributed by atoms with van der Waals surface area (Å²) in [6.07, 6.45) is 7.01. The number of para-hydroxylation sites is 1. The number of rotatable bonds is 1. The van der Waals surface area contributed by atoms with Crippen LogP contribution in [0, 0.1) is 6.92 Å². The average Bonchev–Trinajstić information content (AvgIpc) is 2.82. The van der Waals surface area contributed by atoms with E-state index in [1.54, 1.807) is 0 Å². The Bertz CT molecular complexity index is 667. The number of aryl methyl sites for hydroxylation is 1. The maximum Gasteiger partial charge on any atom is 2.00 e. The summed E-state index contributed by atoms with van der Waals surface area (Å²) in [6, 6.07) is 9.62. The van der Waals surface area contributed by atoms with Gasteiger partial charge in [-0.1, -0.05) is 37.5 Å². The Morgan fingerprint density at radius 3 is 2.57 bits per heavy atom. The van der Waals surface area contributed by atoms with Gasteiger partial charge in [-0.15, -0.1) is 0 Å². The van der Waals surface area contributed by atoms with E-state index in [1.165, 1.54) is 54.3 Å². The number of nitrogens with zero attached hydrogens (tertiary/aromatic N) is 2. The Hall–Kier alpha value is 0.112. The van der Waals surface area contributed by atoms with E-state index in [1.807, 2.05) is 0 Å². The van der Waals surface area contributed by atoms with Gasteiger partial charge in [0.25, 0.3) is 0 Å². The van der Waals surface area contributed by atoms with E-state index < -0.39 is 0 Å². The second-order valence-corrected chi connectivity index (χ2v) is 6.86. The third-order valence-electron chi connectivity index (χ3n) is 5.55. The third-order valence-corrected chi connectivity index (χ3v) is 5.55. The van der Waals surface area contributed by atoms with Crippen molar-refractivity contribution in [3.8, 4) is 0 Å². The summed E-state index contributed by atoms with van der Waals surface area (Å²) in [4.78, 5) is 2.71. The Labute approximate surface area is 172 Å². The fraction of sp³-hybridized carbons (Fsp3) is 0.526. The van der Waals surface area contributed by atoms with Crippen LogP contribution in [0.25, 0.3) is 10.9 Å². The second-order valence-electron chi connectivity index (χ2n) is 6.86. The first-order chi connectivity index (χ1) is 10.3. The first-order valence-electron chi connectivity index (χ1n) is 8.39. The summed E-state index contributed by atoms with van der Waals surface area (Å²) in [6.45, 7) is 6.72. The molecule has 4 rings (SSSR count). The minimum Gasteiger partial charge on any atom is -1.00 e. The van der Waals surface area contributed by atoms with Crippen LogP contribution in [0.5, 0.6) is 0 Å². The van der Waals surface area contributed by atoms with Crippen molar-refractivity contribution in [2.45, 2.75) is 50.6 Å². The molecule has 2 heterocycles. The molecule has 1 aliphatic heterocycles. The SMILES string of the molecule is [CH2][C@H]1CN(C2CCCCC2)Cc2c1n(C)c1ccccc21.[HH].[I-].[Pd+2]. The Morgan fingerprint density at radius 2 is 1.83 bits per heavy atom. The molecule has 0 amide bonds. The van der Waals surface area contributed by atoms with Crippen LogP contribution in [-0.4, -0.2) is 22.1 Å². The van der Waals surface area contributed by atoms with E-state index in [0.29, 0.717) is 5.92 Å². The van der Waals surface area contributed by atoms with Gasteiger partial charge in [0.05, 0.1) is 0 Å². The molecule has 1 aliphatic carbocycles. The van der Waals surface area contributed by atoms with E-state index in [0.717, 1.165) is 19.1 Å². The van der Waals surface area contributed by atoms with Crippen LogP contribution >= 0.6 is 0 Å². The van der Waals surface area contributed by atoms with Crippen molar-refractivity contribution < 1.29 is 45.8 Å². The molecule has 0 saturated heterocycles. The second kappa shape index (κ2) is 7.99.